The maximum absolute atomic E-state index is 5.63. The molecule has 15 heavy (non-hydrogen) atoms. The van der Waals surface area contributed by atoms with Crippen LogP contribution in [-0.2, 0) is 0 Å². The van der Waals surface area contributed by atoms with Gasteiger partial charge in [0.15, 0.2) is 0 Å². The van der Waals surface area contributed by atoms with E-state index in [1.807, 2.05) is 24.3 Å². The number of nitrogens with two attached hydrogens (primary N) is 1. The number of fused-ring (bicyclic) bond motifs is 1. The molecule has 0 amide bonds. The van der Waals surface area contributed by atoms with Gasteiger partial charge >= 0.3 is 0 Å². The highest BCUT2D eigenvalue weighted by atomic mass is 32.1. The number of hydrogen-bond acceptors (Lipinski definition) is 5. The molecule has 0 spiro atoms. The van der Waals surface area contributed by atoms with Crippen molar-refractivity contribution in [3.8, 4) is 10.6 Å². The molecule has 0 saturated heterocycles. The van der Waals surface area contributed by atoms with E-state index in [1.54, 1.807) is 17.5 Å². The van der Waals surface area contributed by atoms with E-state index in [9.17, 15) is 0 Å². The standard InChI is InChI=1S/C10H7N3OS/c11-9-6(5-12-14-9)10-13-7-3-1-2-4-8(7)15-10/h1-5H,11H2. The Bertz CT molecular complexity index is 581. The smallest absolute Gasteiger partial charge is 0.232 e. The minimum atomic E-state index is 0.314. The maximum atomic E-state index is 5.63. The fourth-order valence-electron chi connectivity index (χ4n) is 1.40. The Morgan fingerprint density at radius 3 is 2.87 bits per heavy atom. The molecule has 0 unspecified atom stereocenters. The predicted molar refractivity (Wildman–Crippen MR) is 59.5 cm³/mol. The molecule has 0 saturated carbocycles. The summed E-state index contributed by atoms with van der Waals surface area (Å²) in [4.78, 5) is 4.45. The van der Waals surface area contributed by atoms with E-state index in [4.69, 9.17) is 10.3 Å². The highest BCUT2D eigenvalue weighted by Gasteiger charge is 2.11. The Balaban J connectivity index is 2.24. The SMILES string of the molecule is Nc1oncc1-c1nc2ccccc2s1. The van der Waals surface area contributed by atoms with Crippen molar-refractivity contribution in [2.24, 2.45) is 0 Å². The van der Waals surface area contributed by atoms with Crippen LogP contribution < -0.4 is 5.73 Å². The lowest BCUT2D eigenvalue weighted by Crippen LogP contribution is -1.83. The van der Waals surface area contributed by atoms with Crippen molar-refractivity contribution >= 4 is 27.4 Å². The Hall–Kier alpha value is -1.88. The maximum Gasteiger partial charge on any atom is 0.232 e. The second kappa shape index (κ2) is 3.06. The molecule has 3 aromatic rings. The van der Waals surface area contributed by atoms with Crippen LogP contribution in [0.25, 0.3) is 20.8 Å². The molecule has 2 heterocycles. The van der Waals surface area contributed by atoms with Crippen LogP contribution in [0.2, 0.25) is 0 Å². The Morgan fingerprint density at radius 1 is 1.27 bits per heavy atom. The fourth-order valence-corrected chi connectivity index (χ4v) is 2.38. The number of nitrogens with zero attached hydrogens (tertiary/aromatic N) is 2. The molecule has 0 fully saturated rings. The molecule has 0 aliphatic rings. The van der Waals surface area contributed by atoms with Gasteiger partial charge in [0.25, 0.3) is 0 Å². The van der Waals surface area contributed by atoms with E-state index in [1.165, 1.54) is 0 Å². The van der Waals surface area contributed by atoms with Crippen LogP contribution in [0.15, 0.2) is 35.0 Å². The molecule has 2 N–H and O–H groups in total. The monoisotopic (exact) mass is 217 g/mol. The largest absolute Gasteiger partial charge is 0.367 e. The van der Waals surface area contributed by atoms with Crippen LogP contribution in [0.4, 0.5) is 5.88 Å². The highest BCUT2D eigenvalue weighted by molar-refractivity contribution is 7.21. The first kappa shape index (κ1) is 8.43. The van der Waals surface area contributed by atoms with Crippen molar-refractivity contribution in [3.05, 3.63) is 30.5 Å². The van der Waals surface area contributed by atoms with Crippen LogP contribution in [0.5, 0.6) is 0 Å². The zero-order chi connectivity index (χ0) is 10.3. The first-order valence-corrected chi connectivity index (χ1v) is 5.22. The van der Waals surface area contributed by atoms with Gasteiger partial charge in [0.1, 0.15) is 5.01 Å². The number of aromatic nitrogens is 2. The zero-order valence-electron chi connectivity index (χ0n) is 7.68. The molecule has 0 aliphatic carbocycles. The lowest BCUT2D eigenvalue weighted by atomic mass is 10.3. The summed E-state index contributed by atoms with van der Waals surface area (Å²) in [6.45, 7) is 0. The average Bonchev–Trinajstić information content (AvgIpc) is 2.82. The highest BCUT2D eigenvalue weighted by Crippen LogP contribution is 2.32. The topological polar surface area (TPSA) is 64.9 Å². The van der Waals surface area contributed by atoms with Gasteiger partial charge in [-0.1, -0.05) is 17.3 Å². The molecular formula is C10H7N3OS. The van der Waals surface area contributed by atoms with E-state index in [0.717, 1.165) is 20.8 Å². The van der Waals surface area contributed by atoms with Gasteiger partial charge in [0, 0.05) is 0 Å². The minimum Gasteiger partial charge on any atom is -0.367 e. The summed E-state index contributed by atoms with van der Waals surface area (Å²) in [5, 5.41) is 4.48. The third kappa shape index (κ3) is 1.28. The molecule has 0 bridgehead atoms. The molecule has 0 aliphatic heterocycles. The molecule has 3 rings (SSSR count). The van der Waals surface area contributed by atoms with Crippen molar-refractivity contribution < 1.29 is 4.52 Å². The summed E-state index contributed by atoms with van der Waals surface area (Å²) in [5.74, 6) is 0.314. The number of anilines is 1. The number of rotatable bonds is 1. The summed E-state index contributed by atoms with van der Waals surface area (Å²) < 4.78 is 5.94. The predicted octanol–water partition coefficient (Wildman–Crippen LogP) is 2.53. The summed E-state index contributed by atoms with van der Waals surface area (Å²) in [6, 6.07) is 7.95. The number of thiazole rings is 1. The van der Waals surface area contributed by atoms with E-state index >= 15 is 0 Å². The van der Waals surface area contributed by atoms with E-state index in [0.29, 0.717) is 5.88 Å². The third-order valence-electron chi connectivity index (χ3n) is 2.12. The molecule has 0 radical (unpaired) electrons. The van der Waals surface area contributed by atoms with Gasteiger partial charge < -0.3 is 10.3 Å². The molecule has 74 valence electrons. The van der Waals surface area contributed by atoms with Crippen LogP contribution in [-0.4, -0.2) is 10.1 Å². The Labute approximate surface area is 89.3 Å². The van der Waals surface area contributed by atoms with Crippen LogP contribution in [0.3, 0.4) is 0 Å². The van der Waals surface area contributed by atoms with Crippen molar-refractivity contribution in [3.63, 3.8) is 0 Å². The zero-order valence-corrected chi connectivity index (χ0v) is 8.49. The quantitative estimate of drug-likeness (QED) is 0.680. The van der Waals surface area contributed by atoms with Crippen molar-refractivity contribution in [1.29, 1.82) is 0 Å². The molecule has 5 heteroatoms. The minimum absolute atomic E-state index is 0.314. The molecule has 1 aromatic carbocycles. The molecule has 0 atom stereocenters. The van der Waals surface area contributed by atoms with Gasteiger partial charge in [-0.25, -0.2) is 4.98 Å². The summed E-state index contributed by atoms with van der Waals surface area (Å²) in [6.07, 6.45) is 1.59. The van der Waals surface area contributed by atoms with Crippen LogP contribution in [0.1, 0.15) is 0 Å². The van der Waals surface area contributed by atoms with E-state index in [2.05, 4.69) is 10.1 Å². The second-order valence-corrected chi connectivity index (χ2v) is 4.12. The summed E-state index contributed by atoms with van der Waals surface area (Å²) in [5.41, 5.74) is 7.36. The van der Waals surface area contributed by atoms with Gasteiger partial charge in [-0.15, -0.1) is 11.3 Å². The molecule has 4 nitrogen and oxygen atoms in total. The van der Waals surface area contributed by atoms with Crippen molar-refractivity contribution in [2.75, 3.05) is 5.73 Å². The third-order valence-corrected chi connectivity index (χ3v) is 3.19. The number of para-hydroxylation sites is 1. The lowest BCUT2D eigenvalue weighted by molar-refractivity contribution is 0.436. The average molecular weight is 217 g/mol. The fraction of sp³-hybridized carbons (Fsp3) is 0. The van der Waals surface area contributed by atoms with Gasteiger partial charge in [0.05, 0.1) is 22.0 Å². The first-order chi connectivity index (χ1) is 7.34. The van der Waals surface area contributed by atoms with Gasteiger partial charge in [-0.3, -0.25) is 0 Å². The van der Waals surface area contributed by atoms with Crippen molar-refractivity contribution in [2.45, 2.75) is 0 Å². The number of hydrogen-bond donors (Lipinski definition) is 1. The number of nitrogen functional groups attached to an aromatic ring is 1. The van der Waals surface area contributed by atoms with Gasteiger partial charge in [-0.05, 0) is 12.1 Å². The first-order valence-electron chi connectivity index (χ1n) is 4.41. The van der Waals surface area contributed by atoms with E-state index < -0.39 is 0 Å². The normalized spacial score (nSPS) is 10.9. The van der Waals surface area contributed by atoms with Crippen molar-refractivity contribution in [1.82, 2.24) is 10.1 Å². The summed E-state index contributed by atoms with van der Waals surface area (Å²) in [7, 11) is 0. The Kier molecular flexibility index (Phi) is 1.72. The van der Waals surface area contributed by atoms with Gasteiger partial charge in [-0.2, -0.15) is 0 Å². The lowest BCUT2D eigenvalue weighted by Gasteiger charge is -1.87. The number of benzene rings is 1. The molecular weight excluding hydrogens is 210 g/mol. The summed E-state index contributed by atoms with van der Waals surface area (Å²) >= 11 is 1.58. The van der Waals surface area contributed by atoms with Crippen LogP contribution >= 0.6 is 11.3 Å². The van der Waals surface area contributed by atoms with Gasteiger partial charge in [0.2, 0.25) is 5.88 Å². The van der Waals surface area contributed by atoms with Crippen LogP contribution in [0, 0.1) is 0 Å². The Morgan fingerprint density at radius 2 is 2.13 bits per heavy atom. The van der Waals surface area contributed by atoms with E-state index in [-0.39, 0.29) is 0 Å². The molecule has 2 aromatic heterocycles. The second-order valence-electron chi connectivity index (χ2n) is 3.09.